The summed E-state index contributed by atoms with van der Waals surface area (Å²) >= 11 is 6.11. The number of hydrogen-bond acceptors (Lipinski definition) is 4. The van der Waals surface area contributed by atoms with E-state index in [1.807, 2.05) is 4.90 Å². The summed E-state index contributed by atoms with van der Waals surface area (Å²) in [5, 5.41) is 3.30. The molecule has 0 radical (unpaired) electrons. The monoisotopic (exact) mass is 392 g/mol. The van der Waals surface area contributed by atoms with E-state index in [1.54, 1.807) is 30.3 Å². The third kappa shape index (κ3) is 4.34. The lowest BCUT2D eigenvalue weighted by molar-refractivity contribution is -0.120. The van der Waals surface area contributed by atoms with Gasteiger partial charge in [0.05, 0.1) is 31.0 Å². The van der Waals surface area contributed by atoms with Crippen molar-refractivity contribution >= 4 is 23.2 Å². The zero-order valence-electron chi connectivity index (χ0n) is 15.3. The predicted molar refractivity (Wildman–Crippen MR) is 103 cm³/mol. The Morgan fingerprint density at radius 1 is 1.26 bits per heavy atom. The van der Waals surface area contributed by atoms with Gasteiger partial charge in [-0.2, -0.15) is 0 Å². The highest BCUT2D eigenvalue weighted by atomic mass is 35.5. The van der Waals surface area contributed by atoms with Crippen molar-refractivity contribution < 1.29 is 18.7 Å². The smallest absolute Gasteiger partial charge is 0.241 e. The van der Waals surface area contributed by atoms with Gasteiger partial charge in [0.2, 0.25) is 5.91 Å². The van der Waals surface area contributed by atoms with E-state index in [1.165, 1.54) is 20.3 Å². The SMILES string of the molecule is COc1cc(NC(=O)C2CCCN2Cc2ccccc2F)c(OC)cc1Cl. The molecule has 3 rings (SSSR count). The molecule has 1 saturated heterocycles. The highest BCUT2D eigenvalue weighted by Crippen LogP contribution is 2.36. The first-order chi connectivity index (χ1) is 13.0. The molecule has 1 heterocycles. The van der Waals surface area contributed by atoms with Crippen LogP contribution in [0.4, 0.5) is 10.1 Å². The minimum atomic E-state index is -0.337. The predicted octanol–water partition coefficient (Wildman–Crippen LogP) is 4.10. The maximum absolute atomic E-state index is 14.0. The lowest BCUT2D eigenvalue weighted by Crippen LogP contribution is -2.39. The van der Waals surface area contributed by atoms with E-state index >= 15 is 0 Å². The fourth-order valence-corrected chi connectivity index (χ4v) is 3.56. The number of methoxy groups -OCH3 is 2. The van der Waals surface area contributed by atoms with Gasteiger partial charge in [0.25, 0.3) is 0 Å². The van der Waals surface area contributed by atoms with Crippen LogP contribution in [0.1, 0.15) is 18.4 Å². The number of benzene rings is 2. The molecule has 1 atom stereocenters. The number of nitrogens with zero attached hydrogens (tertiary/aromatic N) is 1. The van der Waals surface area contributed by atoms with Gasteiger partial charge in [0.15, 0.2) is 0 Å². The average Bonchev–Trinajstić information content (AvgIpc) is 3.13. The fraction of sp³-hybridized carbons (Fsp3) is 0.350. The largest absolute Gasteiger partial charge is 0.495 e. The molecule has 0 saturated carbocycles. The van der Waals surface area contributed by atoms with E-state index in [9.17, 15) is 9.18 Å². The molecule has 1 aliphatic rings. The standard InChI is InChI=1S/C20H22ClFN2O3/c1-26-18-11-16(19(27-2)10-14(18)21)23-20(25)17-8-5-9-24(17)12-13-6-3-4-7-15(13)22/h3-4,6-7,10-11,17H,5,8-9,12H2,1-2H3,(H,23,25). The molecule has 0 aliphatic carbocycles. The van der Waals surface area contributed by atoms with Crippen molar-refractivity contribution in [1.82, 2.24) is 4.90 Å². The molecule has 2 aromatic rings. The van der Waals surface area contributed by atoms with Crippen LogP contribution in [-0.4, -0.2) is 37.6 Å². The van der Waals surface area contributed by atoms with Gasteiger partial charge in [-0.25, -0.2) is 4.39 Å². The number of ether oxygens (including phenoxy) is 2. The Hall–Kier alpha value is -2.31. The number of amides is 1. The van der Waals surface area contributed by atoms with Gasteiger partial charge in [-0.15, -0.1) is 0 Å². The Labute approximate surface area is 163 Å². The van der Waals surface area contributed by atoms with Crippen molar-refractivity contribution in [2.45, 2.75) is 25.4 Å². The zero-order chi connectivity index (χ0) is 19.4. The summed E-state index contributed by atoms with van der Waals surface area (Å²) in [4.78, 5) is 14.9. The number of hydrogen-bond donors (Lipinski definition) is 1. The lowest BCUT2D eigenvalue weighted by atomic mass is 10.1. The van der Waals surface area contributed by atoms with Crippen molar-refractivity contribution in [3.63, 3.8) is 0 Å². The molecule has 1 aliphatic heterocycles. The maximum Gasteiger partial charge on any atom is 0.241 e. The van der Waals surface area contributed by atoms with Crippen molar-refractivity contribution in [1.29, 1.82) is 0 Å². The molecule has 0 spiro atoms. The molecule has 1 amide bonds. The van der Waals surface area contributed by atoms with Gasteiger partial charge in [0, 0.05) is 24.2 Å². The Kier molecular flexibility index (Phi) is 6.19. The fourth-order valence-electron chi connectivity index (χ4n) is 3.33. The van der Waals surface area contributed by atoms with E-state index in [2.05, 4.69) is 5.32 Å². The first kappa shape index (κ1) is 19.5. The van der Waals surface area contributed by atoms with E-state index < -0.39 is 0 Å². The second kappa shape index (κ2) is 8.59. The van der Waals surface area contributed by atoms with Crippen molar-refractivity contribution in [2.24, 2.45) is 0 Å². The molecule has 27 heavy (non-hydrogen) atoms. The Morgan fingerprint density at radius 2 is 2.00 bits per heavy atom. The van der Waals surface area contributed by atoms with Crippen molar-refractivity contribution in [2.75, 3.05) is 26.1 Å². The average molecular weight is 393 g/mol. The van der Waals surface area contributed by atoms with Crippen LogP contribution in [0.5, 0.6) is 11.5 Å². The molecule has 1 N–H and O–H groups in total. The van der Waals surface area contributed by atoms with Gasteiger partial charge in [-0.3, -0.25) is 9.69 Å². The highest BCUT2D eigenvalue weighted by molar-refractivity contribution is 6.32. The van der Waals surface area contributed by atoms with Crippen LogP contribution >= 0.6 is 11.6 Å². The van der Waals surface area contributed by atoms with Crippen LogP contribution in [0.3, 0.4) is 0 Å². The minimum Gasteiger partial charge on any atom is -0.495 e. The molecule has 0 aromatic heterocycles. The van der Waals surface area contributed by atoms with E-state index in [-0.39, 0.29) is 17.8 Å². The number of anilines is 1. The van der Waals surface area contributed by atoms with Gasteiger partial charge in [-0.1, -0.05) is 29.8 Å². The summed E-state index contributed by atoms with van der Waals surface area (Å²) in [5.74, 6) is 0.481. The van der Waals surface area contributed by atoms with Crippen LogP contribution < -0.4 is 14.8 Å². The Balaban J connectivity index is 1.76. The van der Waals surface area contributed by atoms with Gasteiger partial charge in [-0.05, 0) is 25.5 Å². The molecule has 1 fully saturated rings. The molecule has 1 unspecified atom stereocenters. The maximum atomic E-state index is 14.0. The molecule has 7 heteroatoms. The first-order valence-electron chi connectivity index (χ1n) is 8.73. The summed E-state index contributed by atoms with van der Waals surface area (Å²) in [7, 11) is 3.01. The van der Waals surface area contributed by atoms with Crippen molar-refractivity contribution in [3.05, 3.63) is 52.8 Å². The molecule has 144 valence electrons. The number of nitrogens with one attached hydrogen (secondary N) is 1. The third-order valence-electron chi connectivity index (χ3n) is 4.73. The highest BCUT2D eigenvalue weighted by Gasteiger charge is 2.31. The van der Waals surface area contributed by atoms with Crippen molar-refractivity contribution in [3.8, 4) is 11.5 Å². The number of likely N-dealkylation sites (tertiary alicyclic amines) is 1. The Morgan fingerprint density at radius 3 is 2.70 bits per heavy atom. The number of carbonyl (C=O) groups is 1. The zero-order valence-corrected chi connectivity index (χ0v) is 16.1. The summed E-state index contributed by atoms with van der Waals surface area (Å²) in [5.41, 5.74) is 1.07. The van der Waals surface area contributed by atoms with Gasteiger partial charge < -0.3 is 14.8 Å². The molecular formula is C20H22ClFN2O3. The first-order valence-corrected chi connectivity index (χ1v) is 9.11. The van der Waals surface area contributed by atoms with Gasteiger partial charge in [0.1, 0.15) is 17.3 Å². The van der Waals surface area contributed by atoms with E-state index in [4.69, 9.17) is 21.1 Å². The Bertz CT molecular complexity index is 831. The molecule has 5 nitrogen and oxygen atoms in total. The van der Waals surface area contributed by atoms with Crippen LogP contribution in [0, 0.1) is 5.82 Å². The number of carbonyl (C=O) groups excluding carboxylic acids is 1. The van der Waals surface area contributed by atoms with Crippen LogP contribution in [0.15, 0.2) is 36.4 Å². The number of halogens is 2. The van der Waals surface area contributed by atoms with Crippen LogP contribution in [-0.2, 0) is 11.3 Å². The molecular weight excluding hydrogens is 371 g/mol. The van der Waals surface area contributed by atoms with Gasteiger partial charge >= 0.3 is 0 Å². The number of rotatable bonds is 6. The lowest BCUT2D eigenvalue weighted by Gasteiger charge is -2.24. The summed E-state index contributed by atoms with van der Waals surface area (Å²) in [6.07, 6.45) is 1.60. The summed E-state index contributed by atoms with van der Waals surface area (Å²) < 4.78 is 24.5. The normalized spacial score (nSPS) is 17.0. The molecule has 2 aromatic carbocycles. The van der Waals surface area contributed by atoms with Crippen LogP contribution in [0.25, 0.3) is 0 Å². The van der Waals surface area contributed by atoms with E-state index in [0.717, 1.165) is 13.0 Å². The second-order valence-corrected chi connectivity index (χ2v) is 6.80. The third-order valence-corrected chi connectivity index (χ3v) is 5.02. The van der Waals surface area contributed by atoms with Crippen LogP contribution in [0.2, 0.25) is 5.02 Å². The summed E-state index contributed by atoms with van der Waals surface area (Å²) in [6.45, 7) is 1.14. The molecule has 0 bridgehead atoms. The minimum absolute atomic E-state index is 0.161. The second-order valence-electron chi connectivity index (χ2n) is 6.40. The van der Waals surface area contributed by atoms with E-state index in [0.29, 0.717) is 40.7 Å². The topological polar surface area (TPSA) is 50.8 Å². The summed E-state index contributed by atoms with van der Waals surface area (Å²) in [6, 6.07) is 9.54. The quantitative estimate of drug-likeness (QED) is 0.804.